The second-order valence-electron chi connectivity index (χ2n) is 4.00. The molecule has 1 rings (SSSR count). The Morgan fingerprint density at radius 3 is 2.56 bits per heavy atom. The van der Waals surface area contributed by atoms with Crippen LogP contribution in [-0.2, 0) is 11.3 Å². The predicted molar refractivity (Wildman–Crippen MR) is 69.8 cm³/mol. The van der Waals surface area contributed by atoms with Crippen LogP contribution in [0.4, 0.5) is 5.69 Å². The molecule has 1 aromatic rings. The van der Waals surface area contributed by atoms with Gasteiger partial charge in [0.25, 0.3) is 0 Å². The maximum atomic E-state index is 5.40. The van der Waals surface area contributed by atoms with Crippen molar-refractivity contribution in [1.29, 1.82) is 0 Å². The topological polar surface area (TPSA) is 21.3 Å². The second kappa shape index (κ2) is 7.29. The molecule has 0 amide bonds. The molecule has 0 atom stereocenters. The standard InChI is InChI=1S/C14H23NO/c1-4-13(5-2)15-14-9-7-8-12(10-14)11-16-6-3/h7-10,13,15H,4-6,11H2,1-3H3. The zero-order chi connectivity index (χ0) is 11.8. The molecule has 0 heterocycles. The lowest BCUT2D eigenvalue weighted by molar-refractivity contribution is 0.134. The zero-order valence-corrected chi connectivity index (χ0v) is 10.6. The van der Waals surface area contributed by atoms with Gasteiger partial charge in [0.05, 0.1) is 6.61 Å². The SMILES string of the molecule is CCOCc1cccc(NC(CC)CC)c1. The Bertz CT molecular complexity index is 295. The zero-order valence-electron chi connectivity index (χ0n) is 10.6. The molecule has 0 radical (unpaired) electrons. The number of hydrogen-bond acceptors (Lipinski definition) is 2. The van der Waals surface area contributed by atoms with Crippen molar-refractivity contribution in [3.63, 3.8) is 0 Å². The van der Waals surface area contributed by atoms with E-state index < -0.39 is 0 Å². The van der Waals surface area contributed by atoms with Crippen molar-refractivity contribution < 1.29 is 4.74 Å². The minimum absolute atomic E-state index is 0.572. The highest BCUT2D eigenvalue weighted by Crippen LogP contribution is 2.14. The van der Waals surface area contributed by atoms with E-state index in [1.165, 1.54) is 11.3 Å². The number of benzene rings is 1. The van der Waals surface area contributed by atoms with Crippen molar-refractivity contribution in [2.24, 2.45) is 0 Å². The normalized spacial score (nSPS) is 10.8. The third-order valence-corrected chi connectivity index (χ3v) is 2.76. The van der Waals surface area contributed by atoms with Gasteiger partial charge in [-0.05, 0) is 37.5 Å². The van der Waals surface area contributed by atoms with Crippen LogP contribution < -0.4 is 5.32 Å². The Morgan fingerprint density at radius 1 is 1.19 bits per heavy atom. The van der Waals surface area contributed by atoms with Crippen molar-refractivity contribution >= 4 is 5.69 Å². The summed E-state index contributed by atoms with van der Waals surface area (Å²) >= 11 is 0. The lowest BCUT2D eigenvalue weighted by Gasteiger charge is -2.16. The fraction of sp³-hybridized carbons (Fsp3) is 0.571. The lowest BCUT2D eigenvalue weighted by atomic mass is 10.1. The first-order chi connectivity index (χ1) is 7.80. The average molecular weight is 221 g/mol. The van der Waals surface area contributed by atoms with E-state index in [0.717, 1.165) is 19.4 Å². The first-order valence-electron chi connectivity index (χ1n) is 6.23. The number of nitrogens with one attached hydrogen (secondary N) is 1. The Balaban J connectivity index is 2.59. The molecule has 0 unspecified atom stereocenters. The number of anilines is 1. The monoisotopic (exact) mass is 221 g/mol. The largest absolute Gasteiger partial charge is 0.382 e. The summed E-state index contributed by atoms with van der Waals surface area (Å²) in [5.41, 5.74) is 2.43. The Morgan fingerprint density at radius 2 is 1.94 bits per heavy atom. The minimum atomic E-state index is 0.572. The van der Waals surface area contributed by atoms with Gasteiger partial charge in [0.1, 0.15) is 0 Å². The van der Waals surface area contributed by atoms with Crippen LogP contribution in [0.3, 0.4) is 0 Å². The third-order valence-electron chi connectivity index (χ3n) is 2.76. The van der Waals surface area contributed by atoms with E-state index in [1.54, 1.807) is 0 Å². The molecule has 0 aliphatic heterocycles. The summed E-state index contributed by atoms with van der Waals surface area (Å²) in [6, 6.07) is 9.05. The predicted octanol–water partition coefficient (Wildman–Crippen LogP) is 3.82. The Kier molecular flexibility index (Phi) is 5.94. The van der Waals surface area contributed by atoms with E-state index in [0.29, 0.717) is 12.6 Å². The van der Waals surface area contributed by atoms with Gasteiger partial charge >= 0.3 is 0 Å². The van der Waals surface area contributed by atoms with Crippen LogP contribution in [-0.4, -0.2) is 12.6 Å². The molecule has 0 aromatic heterocycles. The summed E-state index contributed by atoms with van der Waals surface area (Å²) < 4.78 is 5.40. The van der Waals surface area contributed by atoms with E-state index in [4.69, 9.17) is 4.74 Å². The van der Waals surface area contributed by atoms with Gasteiger partial charge in [-0.1, -0.05) is 26.0 Å². The van der Waals surface area contributed by atoms with Crippen LogP contribution >= 0.6 is 0 Å². The molecular weight excluding hydrogens is 198 g/mol. The molecule has 0 aliphatic rings. The smallest absolute Gasteiger partial charge is 0.0717 e. The van der Waals surface area contributed by atoms with Crippen molar-refractivity contribution in [2.75, 3.05) is 11.9 Å². The van der Waals surface area contributed by atoms with E-state index in [9.17, 15) is 0 Å². The summed E-state index contributed by atoms with van der Waals surface area (Å²) in [6.45, 7) is 7.92. The number of rotatable bonds is 7. The molecule has 16 heavy (non-hydrogen) atoms. The fourth-order valence-corrected chi connectivity index (χ4v) is 1.70. The molecule has 1 N–H and O–H groups in total. The van der Waals surface area contributed by atoms with Gasteiger partial charge < -0.3 is 10.1 Å². The van der Waals surface area contributed by atoms with Crippen molar-refractivity contribution in [2.45, 2.75) is 46.3 Å². The molecule has 0 saturated carbocycles. The molecule has 2 nitrogen and oxygen atoms in total. The van der Waals surface area contributed by atoms with Crippen molar-refractivity contribution in [3.8, 4) is 0 Å². The van der Waals surface area contributed by atoms with Gasteiger partial charge in [-0.15, -0.1) is 0 Å². The molecule has 90 valence electrons. The molecule has 0 aliphatic carbocycles. The highest BCUT2D eigenvalue weighted by molar-refractivity contribution is 5.46. The van der Waals surface area contributed by atoms with Gasteiger partial charge in [0, 0.05) is 18.3 Å². The highest BCUT2D eigenvalue weighted by Gasteiger charge is 2.03. The lowest BCUT2D eigenvalue weighted by Crippen LogP contribution is -2.16. The van der Waals surface area contributed by atoms with E-state index in [-0.39, 0.29) is 0 Å². The van der Waals surface area contributed by atoms with Gasteiger partial charge in [0.15, 0.2) is 0 Å². The number of ether oxygens (including phenoxy) is 1. The third kappa shape index (κ3) is 4.23. The summed E-state index contributed by atoms with van der Waals surface area (Å²) in [7, 11) is 0. The van der Waals surface area contributed by atoms with Gasteiger partial charge in [-0.25, -0.2) is 0 Å². The number of hydrogen-bond donors (Lipinski definition) is 1. The minimum Gasteiger partial charge on any atom is -0.382 e. The summed E-state index contributed by atoms with van der Waals surface area (Å²) in [6.07, 6.45) is 2.32. The van der Waals surface area contributed by atoms with E-state index >= 15 is 0 Å². The summed E-state index contributed by atoms with van der Waals surface area (Å²) in [5, 5.41) is 3.54. The van der Waals surface area contributed by atoms with Crippen LogP contribution in [0.5, 0.6) is 0 Å². The maximum absolute atomic E-state index is 5.40. The van der Waals surface area contributed by atoms with Crippen LogP contribution in [0.15, 0.2) is 24.3 Å². The molecule has 0 bridgehead atoms. The molecule has 2 heteroatoms. The summed E-state index contributed by atoms with van der Waals surface area (Å²) in [4.78, 5) is 0. The molecule has 1 aromatic carbocycles. The van der Waals surface area contributed by atoms with Gasteiger partial charge in [0.2, 0.25) is 0 Å². The van der Waals surface area contributed by atoms with Crippen molar-refractivity contribution in [3.05, 3.63) is 29.8 Å². The van der Waals surface area contributed by atoms with E-state index in [2.05, 4.69) is 43.4 Å². The van der Waals surface area contributed by atoms with Crippen LogP contribution in [0.25, 0.3) is 0 Å². The Labute approximate surface area is 99.0 Å². The van der Waals surface area contributed by atoms with Crippen LogP contribution in [0.2, 0.25) is 0 Å². The van der Waals surface area contributed by atoms with Crippen LogP contribution in [0.1, 0.15) is 39.2 Å². The molecule has 0 saturated heterocycles. The second-order valence-corrected chi connectivity index (χ2v) is 4.00. The highest BCUT2D eigenvalue weighted by atomic mass is 16.5. The van der Waals surface area contributed by atoms with Crippen LogP contribution in [0, 0.1) is 0 Å². The first kappa shape index (κ1) is 13.0. The molecule has 0 fully saturated rings. The van der Waals surface area contributed by atoms with Gasteiger partial charge in [-0.3, -0.25) is 0 Å². The molecular formula is C14H23NO. The average Bonchev–Trinajstić information content (AvgIpc) is 2.34. The van der Waals surface area contributed by atoms with Gasteiger partial charge in [-0.2, -0.15) is 0 Å². The fourth-order valence-electron chi connectivity index (χ4n) is 1.70. The van der Waals surface area contributed by atoms with Crippen molar-refractivity contribution in [1.82, 2.24) is 0 Å². The maximum Gasteiger partial charge on any atom is 0.0717 e. The quantitative estimate of drug-likeness (QED) is 0.755. The van der Waals surface area contributed by atoms with E-state index in [1.807, 2.05) is 6.92 Å². The first-order valence-corrected chi connectivity index (χ1v) is 6.23. The Hall–Kier alpha value is -1.02. The summed E-state index contributed by atoms with van der Waals surface area (Å²) in [5.74, 6) is 0. The molecule has 0 spiro atoms.